The lowest BCUT2D eigenvalue weighted by molar-refractivity contribution is 0.233. The fourth-order valence-corrected chi connectivity index (χ4v) is 12.3. The van der Waals surface area contributed by atoms with Gasteiger partial charge in [0.1, 0.15) is 39.1 Å². The monoisotopic (exact) mass is 958 g/mol. The van der Waals surface area contributed by atoms with E-state index < -0.39 is 12.0 Å². The highest BCUT2D eigenvalue weighted by atomic mass is 32.1. The smallest absolute Gasteiger partial charge is 0.137 e. The van der Waals surface area contributed by atoms with Crippen molar-refractivity contribution in [2.45, 2.75) is 91.0 Å². The van der Waals surface area contributed by atoms with Gasteiger partial charge >= 0.3 is 0 Å². The number of nitrogens with one attached hydrogen (secondary N) is 2. The van der Waals surface area contributed by atoms with Crippen molar-refractivity contribution < 1.29 is 9.47 Å². The van der Waals surface area contributed by atoms with E-state index in [1.165, 1.54) is 37.0 Å². The molecule has 2 N–H and O–H groups in total. The Morgan fingerprint density at radius 3 is 1.77 bits per heavy atom. The van der Waals surface area contributed by atoms with Crippen LogP contribution in [-0.4, -0.2) is 28.2 Å². The van der Waals surface area contributed by atoms with E-state index in [4.69, 9.17) is 19.4 Å². The van der Waals surface area contributed by atoms with Gasteiger partial charge in [-0.1, -0.05) is 127 Å². The molecule has 4 heterocycles. The van der Waals surface area contributed by atoms with Crippen LogP contribution in [0.1, 0.15) is 112 Å². The van der Waals surface area contributed by atoms with Crippen molar-refractivity contribution >= 4 is 75.9 Å². The lowest BCUT2D eigenvalue weighted by Gasteiger charge is -2.21. The second-order valence-corrected chi connectivity index (χ2v) is 20.6. The maximum Gasteiger partial charge on any atom is 0.137 e. The molecule has 10 heteroatoms. The number of H-pyrrole nitrogens is 1. The van der Waals surface area contributed by atoms with E-state index in [0.29, 0.717) is 41.0 Å². The first kappa shape index (κ1) is 46.7. The van der Waals surface area contributed by atoms with Crippen molar-refractivity contribution in [3.63, 3.8) is 0 Å². The van der Waals surface area contributed by atoms with Crippen LogP contribution in [0, 0.1) is 34.5 Å². The van der Waals surface area contributed by atoms with Crippen LogP contribution in [0.5, 0.6) is 11.5 Å². The first-order valence-electron chi connectivity index (χ1n) is 25.0. The van der Waals surface area contributed by atoms with Crippen LogP contribution in [0.4, 0.5) is 0 Å². The Balaban J connectivity index is 1.17. The number of nitriles is 2. The molecule has 0 amide bonds. The number of benzene rings is 6. The van der Waals surface area contributed by atoms with Crippen LogP contribution in [-0.2, 0) is 0 Å². The molecule has 1 aliphatic rings. The number of ether oxygens (including phenoxy) is 2. The summed E-state index contributed by atoms with van der Waals surface area (Å²) in [5, 5.41) is 34.0. The van der Waals surface area contributed by atoms with E-state index in [1.807, 2.05) is 48.5 Å². The summed E-state index contributed by atoms with van der Waals surface area (Å²) in [5.74, 6) is 1.92. The van der Waals surface area contributed by atoms with Crippen molar-refractivity contribution in [2.75, 3.05) is 13.2 Å². The number of aromatic nitrogens is 3. The SMILES string of the molecule is CCCCC(CC)COc1ccc(C2=c3c(c(-c4ccc(OCC(CC)CCCC)cc4)[nH]/c3=C(/C#N)c3nc4ccc5ccccc5c4s3)C(C(C#N)c3nc4ccc5ccccc5c4s3)N2)cc1. The molecule has 0 spiro atoms. The lowest BCUT2D eigenvalue weighted by atomic mass is 9.93. The van der Waals surface area contributed by atoms with Gasteiger partial charge in [0, 0.05) is 21.6 Å². The molecular weight excluding hydrogens is 901 g/mol. The highest BCUT2D eigenvalue weighted by molar-refractivity contribution is 7.20. The molecule has 4 unspecified atom stereocenters. The number of unbranched alkanes of at least 4 members (excludes halogenated alkanes) is 2. The van der Waals surface area contributed by atoms with Gasteiger partial charge < -0.3 is 19.8 Å². The van der Waals surface area contributed by atoms with Gasteiger partial charge in [0.05, 0.1) is 62.5 Å². The Morgan fingerprint density at radius 1 is 0.657 bits per heavy atom. The zero-order valence-corrected chi connectivity index (χ0v) is 42.0. The maximum atomic E-state index is 11.4. The average molecular weight is 959 g/mol. The molecule has 0 radical (unpaired) electrons. The van der Waals surface area contributed by atoms with Crippen molar-refractivity contribution in [1.29, 1.82) is 10.5 Å². The molecule has 8 nitrogen and oxygen atoms in total. The van der Waals surface area contributed by atoms with Gasteiger partial charge in [-0.05, 0) is 107 Å². The number of hydrogen-bond donors (Lipinski definition) is 2. The minimum Gasteiger partial charge on any atom is -0.493 e. The fourth-order valence-electron chi connectivity index (χ4n) is 9.99. The summed E-state index contributed by atoms with van der Waals surface area (Å²) >= 11 is 3.11. The Bertz CT molecular complexity index is 3540. The topological polar surface area (TPSA) is 120 Å². The fraction of sp³-hybridized carbons (Fsp3) is 0.300. The summed E-state index contributed by atoms with van der Waals surface area (Å²) in [7, 11) is 0. The molecule has 0 bridgehead atoms. The van der Waals surface area contributed by atoms with Crippen molar-refractivity contribution in [1.82, 2.24) is 20.3 Å². The third-order valence-corrected chi connectivity index (χ3v) is 16.4. The van der Waals surface area contributed by atoms with Gasteiger partial charge in [0.25, 0.3) is 0 Å². The minimum atomic E-state index is -0.692. The lowest BCUT2D eigenvalue weighted by Crippen LogP contribution is -2.29. The third kappa shape index (κ3) is 9.15. The molecule has 9 aromatic rings. The summed E-state index contributed by atoms with van der Waals surface area (Å²) in [4.78, 5) is 14.2. The molecule has 0 saturated carbocycles. The first-order chi connectivity index (χ1) is 34.4. The Kier molecular flexibility index (Phi) is 14.0. The summed E-state index contributed by atoms with van der Waals surface area (Å²) in [6.07, 6.45) is 9.18. The molecule has 4 atom stereocenters. The summed E-state index contributed by atoms with van der Waals surface area (Å²) in [5.41, 5.74) is 6.52. The Morgan fingerprint density at radius 2 is 1.21 bits per heavy atom. The van der Waals surface area contributed by atoms with Crippen LogP contribution in [0.15, 0.2) is 121 Å². The van der Waals surface area contributed by atoms with E-state index in [1.54, 1.807) is 11.3 Å². The van der Waals surface area contributed by atoms with Gasteiger partial charge in [0.15, 0.2) is 0 Å². The molecule has 70 heavy (non-hydrogen) atoms. The van der Waals surface area contributed by atoms with Gasteiger partial charge in [-0.15, -0.1) is 22.7 Å². The molecule has 6 aromatic carbocycles. The largest absolute Gasteiger partial charge is 0.493 e. The quantitative estimate of drug-likeness (QED) is 0.0828. The van der Waals surface area contributed by atoms with E-state index in [0.717, 1.165) is 117 Å². The second kappa shape index (κ2) is 20.9. The van der Waals surface area contributed by atoms with Crippen LogP contribution < -0.4 is 25.4 Å². The van der Waals surface area contributed by atoms with Crippen LogP contribution in [0.3, 0.4) is 0 Å². The third-order valence-electron chi connectivity index (χ3n) is 14.1. The molecule has 3 aromatic heterocycles. The molecule has 10 rings (SSSR count). The van der Waals surface area contributed by atoms with Gasteiger partial charge in [0.2, 0.25) is 0 Å². The Labute approximate surface area is 418 Å². The van der Waals surface area contributed by atoms with E-state index >= 15 is 0 Å². The number of nitrogens with zero attached hydrogens (tertiary/aromatic N) is 4. The Hall–Kier alpha value is -6.98. The molecule has 352 valence electrons. The van der Waals surface area contributed by atoms with E-state index in [9.17, 15) is 10.5 Å². The standard InChI is InChI=1S/C60H58N6O2S2/c1-5-9-15-37(7-3)35-67-43-27-21-41(22-28-43)53-51-52(56(65-53)48(34-62)60-64-50-32-26-40-18-12-14-20-46(40)58(50)70-60)54(42-23-29-44(30-24-42)68-36-38(8-4)16-10-6-2)66-55(51)47(33-61)59-63-49-31-25-39-17-11-13-19-45(39)57(49)69-59/h11-14,17-32,37-38,47,55,65-66H,5-10,15-16,35-36H2,1-4H3/b56-48-. The number of hydrogen-bond acceptors (Lipinski definition) is 9. The first-order valence-corrected chi connectivity index (χ1v) is 26.7. The predicted molar refractivity (Wildman–Crippen MR) is 289 cm³/mol. The van der Waals surface area contributed by atoms with Crippen LogP contribution in [0.25, 0.3) is 64.5 Å². The number of rotatable bonds is 19. The predicted octanol–water partition coefficient (Wildman–Crippen LogP) is 14.2. The van der Waals surface area contributed by atoms with Crippen LogP contribution >= 0.6 is 22.7 Å². The van der Waals surface area contributed by atoms with Crippen molar-refractivity contribution in [3.8, 4) is 34.9 Å². The summed E-state index contributed by atoms with van der Waals surface area (Å²) in [6, 6.07) is 46.2. The maximum absolute atomic E-state index is 11.4. The minimum absolute atomic E-state index is 0.433. The van der Waals surface area contributed by atoms with Crippen molar-refractivity contribution in [2.24, 2.45) is 11.8 Å². The normalized spacial score (nSPS) is 15.1. The highest BCUT2D eigenvalue weighted by Crippen LogP contribution is 2.43. The van der Waals surface area contributed by atoms with E-state index in [2.05, 4.69) is 123 Å². The molecule has 1 aliphatic heterocycles. The average Bonchev–Trinajstić information content (AvgIpc) is 4.21. The zero-order valence-electron chi connectivity index (χ0n) is 40.3. The second-order valence-electron chi connectivity index (χ2n) is 18.6. The zero-order chi connectivity index (χ0) is 48.1. The van der Waals surface area contributed by atoms with E-state index in [-0.39, 0.29) is 0 Å². The molecular formula is C60H58N6O2S2. The number of aromatic amines is 1. The highest BCUT2D eigenvalue weighted by Gasteiger charge is 2.38. The van der Waals surface area contributed by atoms with Crippen LogP contribution in [0.2, 0.25) is 0 Å². The molecule has 0 fully saturated rings. The van der Waals surface area contributed by atoms with Gasteiger partial charge in [-0.25, -0.2) is 9.97 Å². The van der Waals surface area contributed by atoms with Crippen molar-refractivity contribution in [3.05, 3.63) is 153 Å². The molecule has 0 saturated heterocycles. The summed E-state index contributed by atoms with van der Waals surface area (Å²) in [6.45, 7) is 10.3. The van der Waals surface area contributed by atoms with Gasteiger partial charge in [-0.2, -0.15) is 10.5 Å². The summed E-state index contributed by atoms with van der Waals surface area (Å²) < 4.78 is 14.9. The number of thiazole rings is 2. The van der Waals surface area contributed by atoms with Gasteiger partial charge in [-0.3, -0.25) is 0 Å². The number of fused-ring (bicyclic) bond motifs is 7. The molecule has 0 aliphatic carbocycles.